The molecule has 9 heteroatoms. The van der Waals surface area contributed by atoms with Gasteiger partial charge in [-0.15, -0.1) is 11.6 Å². The Morgan fingerprint density at radius 2 is 1.84 bits per heavy atom. The molecule has 3 N–H and O–H groups in total. The zero-order valence-electron chi connectivity index (χ0n) is 10.2. The van der Waals surface area contributed by atoms with Crippen LogP contribution in [0.1, 0.15) is 0 Å². The monoisotopic (exact) mass is 312 g/mol. The summed E-state index contributed by atoms with van der Waals surface area (Å²) in [4.78, 5) is 13.4. The molecule has 0 spiro atoms. The Bertz CT molecular complexity index is 447. The van der Waals surface area contributed by atoms with E-state index >= 15 is 0 Å². The van der Waals surface area contributed by atoms with Crippen molar-refractivity contribution in [2.24, 2.45) is 0 Å². The number of amides is 1. The number of halogens is 1. The third-order valence-electron chi connectivity index (χ3n) is 3.33. The minimum Gasteiger partial charge on any atom is -0.389 e. The Labute approximate surface area is 116 Å². The number of nitrogens with one attached hydrogen (secondary N) is 1. The Kier molecular flexibility index (Phi) is 4.36. The van der Waals surface area contributed by atoms with Gasteiger partial charge in [-0.05, 0) is 0 Å². The van der Waals surface area contributed by atoms with E-state index in [2.05, 4.69) is 5.32 Å². The summed E-state index contributed by atoms with van der Waals surface area (Å²) in [7, 11) is -3.18. The highest BCUT2D eigenvalue weighted by Crippen LogP contribution is 2.18. The molecular weight excluding hydrogens is 296 g/mol. The first-order valence-electron chi connectivity index (χ1n) is 5.99. The molecule has 2 rings (SSSR count). The van der Waals surface area contributed by atoms with Gasteiger partial charge in [-0.3, -0.25) is 9.69 Å². The van der Waals surface area contributed by atoms with E-state index in [1.165, 1.54) is 0 Å². The molecule has 7 nitrogen and oxygen atoms in total. The lowest BCUT2D eigenvalue weighted by molar-refractivity contribution is -0.122. The van der Waals surface area contributed by atoms with Gasteiger partial charge in [0.15, 0.2) is 9.84 Å². The molecule has 0 aliphatic carbocycles. The highest BCUT2D eigenvalue weighted by atomic mass is 35.5. The topological polar surface area (TPSA) is 107 Å². The van der Waals surface area contributed by atoms with E-state index in [1.807, 2.05) is 0 Å². The summed E-state index contributed by atoms with van der Waals surface area (Å²) in [5.74, 6) is -0.618. The molecule has 0 saturated carbocycles. The van der Waals surface area contributed by atoms with Crippen molar-refractivity contribution in [2.75, 3.05) is 31.1 Å². The number of alkyl halides is 1. The van der Waals surface area contributed by atoms with Gasteiger partial charge in [0.25, 0.3) is 0 Å². The zero-order chi connectivity index (χ0) is 14.2. The Balaban J connectivity index is 1.82. The van der Waals surface area contributed by atoms with Crippen LogP contribution in [-0.2, 0) is 14.6 Å². The molecule has 0 aromatic carbocycles. The van der Waals surface area contributed by atoms with Gasteiger partial charge < -0.3 is 15.5 Å². The highest BCUT2D eigenvalue weighted by Gasteiger charge is 2.38. The van der Waals surface area contributed by atoms with Gasteiger partial charge >= 0.3 is 0 Å². The van der Waals surface area contributed by atoms with Crippen molar-refractivity contribution in [1.29, 1.82) is 0 Å². The van der Waals surface area contributed by atoms with Gasteiger partial charge in [0.05, 0.1) is 41.7 Å². The van der Waals surface area contributed by atoms with Crippen LogP contribution in [0.4, 0.5) is 0 Å². The van der Waals surface area contributed by atoms with Crippen LogP contribution in [0.3, 0.4) is 0 Å². The molecule has 2 heterocycles. The number of aliphatic hydroxyl groups excluding tert-OH is 2. The van der Waals surface area contributed by atoms with Crippen LogP contribution < -0.4 is 5.32 Å². The number of hydrogen-bond acceptors (Lipinski definition) is 6. The van der Waals surface area contributed by atoms with Crippen molar-refractivity contribution in [2.45, 2.75) is 23.6 Å². The minimum absolute atomic E-state index is 0.00821. The normalized spacial score (nSPS) is 38.5. The average Bonchev–Trinajstić information content (AvgIpc) is 2.67. The summed E-state index contributed by atoms with van der Waals surface area (Å²) in [6.07, 6.45) is -1.69. The molecule has 2 aliphatic rings. The maximum absolute atomic E-state index is 11.8. The molecule has 110 valence electrons. The molecule has 0 bridgehead atoms. The second-order valence-corrected chi connectivity index (χ2v) is 7.81. The molecule has 2 aliphatic heterocycles. The Morgan fingerprint density at radius 1 is 1.26 bits per heavy atom. The van der Waals surface area contributed by atoms with E-state index in [4.69, 9.17) is 11.6 Å². The second kappa shape index (κ2) is 5.53. The standard InChI is InChI=1S/C10H17ClN2O5S/c11-6-4-19(17,18)5-7(6)12-10(16)3-13-1-8(14)9(15)2-13/h6-9,14-15H,1-5H2,(H,12,16)/t6?,7?,8-,9+. The van der Waals surface area contributed by atoms with Gasteiger partial charge in [0, 0.05) is 13.1 Å². The number of rotatable bonds is 3. The predicted octanol–water partition coefficient (Wildman–Crippen LogP) is -2.46. The molecule has 0 radical (unpaired) electrons. The second-order valence-electron chi connectivity index (χ2n) is 5.10. The summed E-state index contributed by atoms with van der Waals surface area (Å²) >= 11 is 5.88. The largest absolute Gasteiger partial charge is 0.389 e. The third kappa shape index (κ3) is 3.79. The number of nitrogens with zero attached hydrogens (tertiary/aromatic N) is 1. The lowest BCUT2D eigenvalue weighted by Crippen LogP contribution is -2.45. The minimum atomic E-state index is -3.18. The van der Waals surface area contributed by atoms with Gasteiger partial charge in [-0.2, -0.15) is 0 Å². The number of β-amino-alcohol motifs (C(OH)–C–C–N with tert-alkyl or cyclic N) is 2. The number of sulfone groups is 1. The lowest BCUT2D eigenvalue weighted by atomic mass is 10.2. The van der Waals surface area contributed by atoms with Crippen LogP contribution in [0.5, 0.6) is 0 Å². The number of hydrogen-bond donors (Lipinski definition) is 3. The molecular formula is C10H17ClN2O5S. The third-order valence-corrected chi connectivity index (χ3v) is 5.71. The fourth-order valence-corrected chi connectivity index (χ4v) is 4.92. The molecule has 4 atom stereocenters. The average molecular weight is 313 g/mol. The van der Waals surface area contributed by atoms with Crippen molar-refractivity contribution in [3.8, 4) is 0 Å². The molecule has 2 unspecified atom stereocenters. The summed E-state index contributed by atoms with van der Waals surface area (Å²) in [5.41, 5.74) is 0. The van der Waals surface area contributed by atoms with Crippen LogP contribution in [-0.4, -0.2) is 84.2 Å². The fraction of sp³-hybridized carbons (Fsp3) is 0.900. The number of carbonyl (C=O) groups excluding carboxylic acids is 1. The van der Waals surface area contributed by atoms with E-state index in [1.54, 1.807) is 4.90 Å². The van der Waals surface area contributed by atoms with Crippen molar-refractivity contribution in [3.05, 3.63) is 0 Å². The van der Waals surface area contributed by atoms with E-state index in [9.17, 15) is 23.4 Å². The van der Waals surface area contributed by atoms with Crippen LogP contribution in [0.15, 0.2) is 0 Å². The van der Waals surface area contributed by atoms with Gasteiger partial charge in [0.2, 0.25) is 5.91 Å². The van der Waals surface area contributed by atoms with Crippen molar-refractivity contribution in [3.63, 3.8) is 0 Å². The molecule has 0 aromatic heterocycles. The first-order valence-corrected chi connectivity index (χ1v) is 8.25. The van der Waals surface area contributed by atoms with E-state index < -0.39 is 33.5 Å². The summed E-state index contributed by atoms with van der Waals surface area (Å²) in [5, 5.41) is 20.7. The highest BCUT2D eigenvalue weighted by molar-refractivity contribution is 7.91. The van der Waals surface area contributed by atoms with Gasteiger partial charge in [0.1, 0.15) is 0 Å². The maximum atomic E-state index is 11.8. The van der Waals surface area contributed by atoms with E-state index in [-0.39, 0.29) is 37.0 Å². The van der Waals surface area contributed by atoms with E-state index in [0.29, 0.717) is 0 Å². The lowest BCUT2D eigenvalue weighted by Gasteiger charge is -2.18. The predicted molar refractivity (Wildman–Crippen MR) is 68.7 cm³/mol. The number of carbonyl (C=O) groups is 1. The Morgan fingerprint density at radius 3 is 2.32 bits per heavy atom. The van der Waals surface area contributed by atoms with E-state index in [0.717, 1.165) is 0 Å². The maximum Gasteiger partial charge on any atom is 0.234 e. The molecule has 1 amide bonds. The number of aliphatic hydroxyl groups is 2. The molecule has 2 fully saturated rings. The smallest absolute Gasteiger partial charge is 0.234 e. The SMILES string of the molecule is O=C(CN1C[C@@H](O)[C@@H](O)C1)NC1CS(=O)(=O)CC1Cl. The Hall–Kier alpha value is -0.410. The molecule has 2 saturated heterocycles. The summed E-state index contributed by atoms with van der Waals surface area (Å²) < 4.78 is 22.7. The van der Waals surface area contributed by atoms with Crippen molar-refractivity contribution < 1.29 is 23.4 Å². The van der Waals surface area contributed by atoms with Gasteiger partial charge in [-0.25, -0.2) is 8.42 Å². The first-order chi connectivity index (χ1) is 8.77. The summed E-state index contributed by atoms with van der Waals surface area (Å²) in [6.45, 7) is 0.456. The van der Waals surface area contributed by atoms with Crippen LogP contribution in [0.25, 0.3) is 0 Å². The first kappa shape index (κ1) is 15.0. The number of likely N-dealkylation sites (tertiary alicyclic amines) is 1. The van der Waals surface area contributed by atoms with Crippen LogP contribution in [0.2, 0.25) is 0 Å². The van der Waals surface area contributed by atoms with Crippen molar-refractivity contribution >= 4 is 27.3 Å². The van der Waals surface area contributed by atoms with Crippen LogP contribution >= 0.6 is 11.6 Å². The van der Waals surface area contributed by atoms with Crippen LogP contribution in [0, 0.1) is 0 Å². The summed E-state index contributed by atoms with van der Waals surface area (Å²) in [6, 6.07) is -0.573. The fourth-order valence-electron chi connectivity index (χ4n) is 2.37. The molecule has 19 heavy (non-hydrogen) atoms. The zero-order valence-corrected chi connectivity index (χ0v) is 11.8. The quantitative estimate of drug-likeness (QED) is 0.499. The van der Waals surface area contributed by atoms with Crippen molar-refractivity contribution in [1.82, 2.24) is 10.2 Å². The van der Waals surface area contributed by atoms with Gasteiger partial charge in [-0.1, -0.05) is 0 Å². The molecule has 0 aromatic rings.